The molecule has 1 saturated heterocycles. The minimum atomic E-state index is -0.0896. The maximum Gasteiger partial charge on any atom is 0.276 e. The third kappa shape index (κ3) is 3.39. The Hall–Kier alpha value is -2.08. The van der Waals surface area contributed by atoms with Gasteiger partial charge in [-0.2, -0.15) is 0 Å². The molecule has 1 aromatic rings. The fraction of sp³-hybridized carbons (Fsp3) is 0.375. The molecule has 0 unspecified atom stereocenters. The van der Waals surface area contributed by atoms with Gasteiger partial charge in [-0.3, -0.25) is 9.69 Å². The van der Waals surface area contributed by atoms with Crippen molar-refractivity contribution in [3.8, 4) is 11.5 Å². The van der Waals surface area contributed by atoms with Gasteiger partial charge >= 0.3 is 0 Å². The quantitative estimate of drug-likeness (QED) is 0.645. The second-order valence-corrected chi connectivity index (χ2v) is 5.30. The highest BCUT2D eigenvalue weighted by atomic mass is 32.1. The molecule has 0 spiro atoms. The molecule has 1 fully saturated rings. The number of hydrogen-bond acceptors (Lipinski definition) is 4. The summed E-state index contributed by atoms with van der Waals surface area (Å²) in [7, 11) is 3.16. The zero-order valence-corrected chi connectivity index (χ0v) is 13.8. The van der Waals surface area contributed by atoms with Crippen LogP contribution in [-0.2, 0) is 4.79 Å². The van der Waals surface area contributed by atoms with E-state index >= 15 is 0 Å². The second-order valence-electron chi connectivity index (χ2n) is 4.91. The highest BCUT2D eigenvalue weighted by Gasteiger charge is 2.29. The van der Waals surface area contributed by atoms with Crippen molar-refractivity contribution in [2.24, 2.45) is 0 Å². The van der Waals surface area contributed by atoms with Gasteiger partial charge in [-0.15, -0.1) is 0 Å². The van der Waals surface area contributed by atoms with Crippen molar-refractivity contribution in [2.45, 2.75) is 19.8 Å². The Balaban J connectivity index is 2.23. The highest BCUT2D eigenvalue weighted by molar-refractivity contribution is 7.80. The SMILES string of the molecule is CCCCN1C(=O)/C(=C/c2ccc(OC)c(OC)c2)NC1=S. The van der Waals surface area contributed by atoms with Gasteiger partial charge in [-0.25, -0.2) is 0 Å². The number of nitrogens with zero attached hydrogens (tertiary/aromatic N) is 1. The minimum absolute atomic E-state index is 0.0896. The first-order valence-corrected chi connectivity index (χ1v) is 7.58. The van der Waals surface area contributed by atoms with Gasteiger partial charge in [0.05, 0.1) is 14.2 Å². The molecule has 0 aliphatic carbocycles. The predicted molar refractivity (Wildman–Crippen MR) is 89.9 cm³/mol. The zero-order valence-electron chi connectivity index (χ0n) is 13.0. The molecule has 0 bridgehead atoms. The van der Waals surface area contributed by atoms with E-state index in [-0.39, 0.29) is 5.91 Å². The Labute approximate surface area is 135 Å². The first kappa shape index (κ1) is 16.3. The molecule has 0 saturated carbocycles. The van der Waals surface area contributed by atoms with Gasteiger partial charge in [0.2, 0.25) is 0 Å². The summed E-state index contributed by atoms with van der Waals surface area (Å²) in [6, 6.07) is 5.48. The van der Waals surface area contributed by atoms with Gasteiger partial charge < -0.3 is 14.8 Å². The Morgan fingerprint density at radius 1 is 1.27 bits per heavy atom. The summed E-state index contributed by atoms with van der Waals surface area (Å²) in [5.41, 5.74) is 1.32. The number of thiocarbonyl (C=S) groups is 1. The van der Waals surface area contributed by atoms with Crippen LogP contribution < -0.4 is 14.8 Å². The van der Waals surface area contributed by atoms with E-state index in [0.29, 0.717) is 28.9 Å². The predicted octanol–water partition coefficient (Wildman–Crippen LogP) is 2.56. The van der Waals surface area contributed by atoms with E-state index in [1.807, 2.05) is 12.1 Å². The number of hydrogen-bond donors (Lipinski definition) is 1. The normalized spacial score (nSPS) is 16.1. The number of unbranched alkanes of at least 4 members (excludes halogenated alkanes) is 1. The van der Waals surface area contributed by atoms with Crippen molar-refractivity contribution in [2.75, 3.05) is 20.8 Å². The molecule has 1 amide bonds. The Bertz CT molecular complexity index is 613. The van der Waals surface area contributed by atoms with Crippen molar-refractivity contribution in [3.63, 3.8) is 0 Å². The number of amides is 1. The van der Waals surface area contributed by atoms with Crippen LogP contribution in [0.4, 0.5) is 0 Å². The molecule has 1 aliphatic rings. The van der Waals surface area contributed by atoms with Crippen LogP contribution in [0.15, 0.2) is 23.9 Å². The molecule has 1 heterocycles. The highest BCUT2D eigenvalue weighted by Crippen LogP contribution is 2.28. The molecule has 1 N–H and O–H groups in total. The molecule has 1 aliphatic heterocycles. The first-order valence-electron chi connectivity index (χ1n) is 7.17. The van der Waals surface area contributed by atoms with Crippen LogP contribution in [0.3, 0.4) is 0 Å². The lowest BCUT2D eigenvalue weighted by atomic mass is 10.1. The van der Waals surface area contributed by atoms with Gasteiger partial charge in [0, 0.05) is 6.54 Å². The van der Waals surface area contributed by atoms with Gasteiger partial charge in [0.25, 0.3) is 5.91 Å². The molecule has 5 nitrogen and oxygen atoms in total. The third-order valence-electron chi connectivity index (χ3n) is 3.42. The second kappa shape index (κ2) is 7.26. The number of ether oxygens (including phenoxy) is 2. The smallest absolute Gasteiger partial charge is 0.276 e. The van der Waals surface area contributed by atoms with Gasteiger partial charge in [0.15, 0.2) is 16.6 Å². The van der Waals surface area contributed by atoms with E-state index < -0.39 is 0 Å². The summed E-state index contributed by atoms with van der Waals surface area (Å²) in [5, 5.41) is 3.44. The number of carbonyl (C=O) groups excluding carboxylic acids is 1. The monoisotopic (exact) mass is 320 g/mol. The van der Waals surface area contributed by atoms with Crippen LogP contribution >= 0.6 is 12.2 Å². The fourth-order valence-corrected chi connectivity index (χ4v) is 2.48. The van der Waals surface area contributed by atoms with Crippen molar-refractivity contribution in [1.82, 2.24) is 10.2 Å². The van der Waals surface area contributed by atoms with E-state index in [1.54, 1.807) is 31.3 Å². The number of methoxy groups -OCH3 is 2. The largest absolute Gasteiger partial charge is 0.493 e. The molecule has 0 aromatic heterocycles. The van der Waals surface area contributed by atoms with E-state index in [4.69, 9.17) is 21.7 Å². The topological polar surface area (TPSA) is 50.8 Å². The summed E-state index contributed by atoms with van der Waals surface area (Å²) in [4.78, 5) is 14.0. The molecule has 22 heavy (non-hydrogen) atoms. The van der Waals surface area contributed by atoms with Gasteiger partial charge in [-0.05, 0) is 42.4 Å². The molecule has 0 atom stereocenters. The van der Waals surface area contributed by atoms with E-state index in [1.165, 1.54) is 0 Å². The lowest BCUT2D eigenvalue weighted by Crippen LogP contribution is -2.31. The van der Waals surface area contributed by atoms with Crippen molar-refractivity contribution >= 4 is 29.3 Å². The molecule has 1 aromatic carbocycles. The molecule has 2 rings (SSSR count). The van der Waals surface area contributed by atoms with E-state index in [2.05, 4.69) is 12.2 Å². The number of rotatable bonds is 6. The van der Waals surface area contributed by atoms with Crippen molar-refractivity contribution < 1.29 is 14.3 Å². The molecule has 6 heteroatoms. The number of carbonyl (C=O) groups is 1. The average molecular weight is 320 g/mol. The first-order chi connectivity index (χ1) is 10.6. The summed E-state index contributed by atoms with van der Waals surface area (Å²) in [5.74, 6) is 1.18. The van der Waals surface area contributed by atoms with Crippen LogP contribution in [0.2, 0.25) is 0 Å². The molecule has 118 valence electrons. The number of benzene rings is 1. The Kier molecular flexibility index (Phi) is 5.38. The summed E-state index contributed by atoms with van der Waals surface area (Å²) < 4.78 is 10.5. The van der Waals surface area contributed by atoms with E-state index in [9.17, 15) is 4.79 Å². The molecular formula is C16H20N2O3S. The standard InChI is InChI=1S/C16H20N2O3S/c1-4-5-8-18-15(19)12(17-16(18)22)9-11-6-7-13(20-2)14(10-11)21-3/h6-7,9-10H,4-5,8H2,1-3H3,(H,17,22)/b12-9-. The summed E-state index contributed by atoms with van der Waals surface area (Å²) >= 11 is 5.22. The molecule has 0 radical (unpaired) electrons. The zero-order chi connectivity index (χ0) is 16.1. The van der Waals surface area contributed by atoms with Crippen LogP contribution in [0, 0.1) is 0 Å². The lowest BCUT2D eigenvalue weighted by Gasteiger charge is -2.12. The average Bonchev–Trinajstić information content (AvgIpc) is 2.79. The third-order valence-corrected chi connectivity index (χ3v) is 3.74. The lowest BCUT2D eigenvalue weighted by molar-refractivity contribution is -0.122. The number of nitrogens with one attached hydrogen (secondary N) is 1. The maximum atomic E-state index is 12.4. The summed E-state index contributed by atoms with van der Waals surface area (Å²) in [6.07, 6.45) is 3.71. The Morgan fingerprint density at radius 2 is 2.00 bits per heavy atom. The van der Waals surface area contributed by atoms with Crippen molar-refractivity contribution in [1.29, 1.82) is 0 Å². The van der Waals surface area contributed by atoms with Crippen molar-refractivity contribution in [3.05, 3.63) is 29.5 Å². The van der Waals surface area contributed by atoms with Crippen LogP contribution in [0.5, 0.6) is 11.5 Å². The van der Waals surface area contributed by atoms with E-state index in [0.717, 1.165) is 18.4 Å². The summed E-state index contributed by atoms with van der Waals surface area (Å²) in [6.45, 7) is 2.72. The van der Waals surface area contributed by atoms with Crippen LogP contribution in [0.1, 0.15) is 25.3 Å². The Morgan fingerprint density at radius 3 is 2.64 bits per heavy atom. The van der Waals surface area contributed by atoms with Crippen LogP contribution in [0.25, 0.3) is 6.08 Å². The molecular weight excluding hydrogens is 300 g/mol. The maximum absolute atomic E-state index is 12.4. The van der Waals surface area contributed by atoms with Gasteiger partial charge in [0.1, 0.15) is 5.70 Å². The minimum Gasteiger partial charge on any atom is -0.493 e. The fourth-order valence-electron chi connectivity index (χ4n) is 2.20. The van der Waals surface area contributed by atoms with Gasteiger partial charge in [-0.1, -0.05) is 19.4 Å². The van der Waals surface area contributed by atoms with Crippen LogP contribution in [-0.4, -0.2) is 36.7 Å².